The summed E-state index contributed by atoms with van der Waals surface area (Å²) in [6.07, 6.45) is 3.26. The van der Waals surface area contributed by atoms with Gasteiger partial charge in [-0.1, -0.05) is 0 Å². The van der Waals surface area contributed by atoms with E-state index in [1.807, 2.05) is 0 Å². The summed E-state index contributed by atoms with van der Waals surface area (Å²) in [5.41, 5.74) is 0. The molecule has 1 rings (SSSR count). The molecule has 1 aromatic rings. The molecule has 4 nitrogen and oxygen atoms in total. The SMILES string of the molecule is CC(=O)CC(=O)Cc1ncccn1. The van der Waals surface area contributed by atoms with Gasteiger partial charge in [0.1, 0.15) is 17.4 Å². The van der Waals surface area contributed by atoms with Gasteiger partial charge in [0.25, 0.3) is 0 Å². The van der Waals surface area contributed by atoms with Crippen molar-refractivity contribution >= 4 is 11.6 Å². The second-order valence-electron chi connectivity index (χ2n) is 2.76. The number of aromatic nitrogens is 2. The molecule has 0 saturated carbocycles. The van der Waals surface area contributed by atoms with Gasteiger partial charge in [-0.2, -0.15) is 0 Å². The van der Waals surface area contributed by atoms with Crippen LogP contribution in [0.2, 0.25) is 0 Å². The third-order valence-electron chi connectivity index (χ3n) is 1.42. The van der Waals surface area contributed by atoms with Crippen molar-refractivity contribution in [2.75, 3.05) is 0 Å². The molecule has 0 spiro atoms. The second-order valence-corrected chi connectivity index (χ2v) is 2.76. The molecule has 0 bridgehead atoms. The molecule has 0 unspecified atom stereocenters. The molecule has 4 heteroatoms. The number of carbonyl (C=O) groups is 2. The van der Waals surface area contributed by atoms with E-state index < -0.39 is 0 Å². The molecule has 0 amide bonds. The Morgan fingerprint density at radius 2 is 1.92 bits per heavy atom. The van der Waals surface area contributed by atoms with E-state index in [4.69, 9.17) is 0 Å². The number of ketones is 2. The second kappa shape index (κ2) is 4.45. The highest BCUT2D eigenvalue weighted by atomic mass is 16.1. The number of Topliss-reactive ketones (excluding diaryl/α,β-unsaturated/α-hetero) is 2. The lowest BCUT2D eigenvalue weighted by Gasteiger charge is -1.96. The molecule has 0 radical (unpaired) electrons. The molecule has 0 aliphatic rings. The standard InChI is InChI=1S/C9H10N2O2/c1-7(12)5-8(13)6-9-10-3-2-4-11-9/h2-4H,5-6H2,1H3. The number of rotatable bonds is 4. The van der Waals surface area contributed by atoms with Gasteiger partial charge < -0.3 is 0 Å². The number of carbonyl (C=O) groups excluding carboxylic acids is 2. The Bertz CT molecular complexity index is 309. The highest BCUT2D eigenvalue weighted by molar-refractivity contribution is 5.98. The van der Waals surface area contributed by atoms with Gasteiger partial charge >= 0.3 is 0 Å². The largest absolute Gasteiger partial charge is 0.300 e. The average Bonchev–Trinajstić information content (AvgIpc) is 2.04. The first kappa shape index (κ1) is 9.51. The zero-order chi connectivity index (χ0) is 9.68. The molecule has 0 aliphatic carbocycles. The van der Waals surface area contributed by atoms with Crippen molar-refractivity contribution in [3.05, 3.63) is 24.3 Å². The van der Waals surface area contributed by atoms with Crippen LogP contribution in [0.15, 0.2) is 18.5 Å². The minimum Gasteiger partial charge on any atom is -0.300 e. The van der Waals surface area contributed by atoms with E-state index >= 15 is 0 Å². The van der Waals surface area contributed by atoms with Crippen LogP contribution in [0.3, 0.4) is 0 Å². The number of nitrogens with zero attached hydrogens (tertiary/aromatic N) is 2. The van der Waals surface area contributed by atoms with Crippen molar-refractivity contribution in [3.63, 3.8) is 0 Å². The third-order valence-corrected chi connectivity index (χ3v) is 1.42. The fourth-order valence-corrected chi connectivity index (χ4v) is 0.938. The molecule has 0 saturated heterocycles. The van der Waals surface area contributed by atoms with Crippen LogP contribution in [0.25, 0.3) is 0 Å². The summed E-state index contributed by atoms with van der Waals surface area (Å²) in [4.78, 5) is 29.5. The zero-order valence-corrected chi connectivity index (χ0v) is 7.36. The minimum absolute atomic E-state index is 0.0295. The van der Waals surface area contributed by atoms with Crippen LogP contribution in [-0.4, -0.2) is 21.5 Å². The Balaban J connectivity index is 2.50. The third kappa shape index (κ3) is 3.55. The van der Waals surface area contributed by atoms with Crippen molar-refractivity contribution in [2.45, 2.75) is 19.8 Å². The lowest BCUT2D eigenvalue weighted by Crippen LogP contribution is -2.09. The highest BCUT2D eigenvalue weighted by Crippen LogP contribution is 1.94. The summed E-state index contributed by atoms with van der Waals surface area (Å²) in [6.45, 7) is 1.39. The maximum atomic E-state index is 11.1. The average molecular weight is 178 g/mol. The van der Waals surface area contributed by atoms with Gasteiger partial charge in [-0.25, -0.2) is 9.97 Å². The van der Waals surface area contributed by atoms with Gasteiger partial charge in [-0.05, 0) is 13.0 Å². The van der Waals surface area contributed by atoms with Gasteiger partial charge in [0, 0.05) is 12.4 Å². The van der Waals surface area contributed by atoms with Crippen molar-refractivity contribution < 1.29 is 9.59 Å². The van der Waals surface area contributed by atoms with Crippen LogP contribution >= 0.6 is 0 Å². The van der Waals surface area contributed by atoms with Gasteiger partial charge in [0.2, 0.25) is 0 Å². The van der Waals surface area contributed by atoms with Crippen LogP contribution in [0.5, 0.6) is 0 Å². The molecule has 0 fully saturated rings. The summed E-state index contributed by atoms with van der Waals surface area (Å²) in [5, 5.41) is 0. The Hall–Kier alpha value is -1.58. The Morgan fingerprint density at radius 1 is 1.31 bits per heavy atom. The maximum absolute atomic E-state index is 11.1. The summed E-state index contributed by atoms with van der Waals surface area (Å²) in [6, 6.07) is 1.68. The van der Waals surface area contributed by atoms with E-state index in [9.17, 15) is 9.59 Å². The maximum Gasteiger partial charge on any atom is 0.147 e. The molecule has 0 aromatic carbocycles. The normalized spacial score (nSPS) is 9.62. The molecule has 0 atom stereocenters. The predicted molar refractivity (Wildman–Crippen MR) is 46.0 cm³/mol. The van der Waals surface area contributed by atoms with E-state index in [1.54, 1.807) is 18.5 Å². The van der Waals surface area contributed by atoms with E-state index in [1.165, 1.54) is 6.92 Å². The van der Waals surface area contributed by atoms with Crippen LogP contribution in [-0.2, 0) is 16.0 Å². The monoisotopic (exact) mass is 178 g/mol. The molecule has 0 N–H and O–H groups in total. The molecule has 1 heterocycles. The van der Waals surface area contributed by atoms with Crippen LogP contribution in [0, 0.1) is 0 Å². The number of hydrogen-bond donors (Lipinski definition) is 0. The quantitative estimate of drug-likeness (QED) is 0.632. The Labute approximate surface area is 76.0 Å². The fraction of sp³-hybridized carbons (Fsp3) is 0.333. The lowest BCUT2D eigenvalue weighted by atomic mass is 10.1. The van der Waals surface area contributed by atoms with Crippen LogP contribution < -0.4 is 0 Å². The number of hydrogen-bond acceptors (Lipinski definition) is 4. The van der Waals surface area contributed by atoms with E-state index in [0.29, 0.717) is 5.82 Å². The van der Waals surface area contributed by atoms with Crippen molar-refractivity contribution in [1.29, 1.82) is 0 Å². The van der Waals surface area contributed by atoms with Crippen molar-refractivity contribution in [3.8, 4) is 0 Å². The summed E-state index contributed by atoms with van der Waals surface area (Å²) in [5.74, 6) is 0.202. The lowest BCUT2D eigenvalue weighted by molar-refractivity contribution is -0.125. The zero-order valence-electron chi connectivity index (χ0n) is 7.36. The van der Waals surface area contributed by atoms with Gasteiger partial charge in [0.15, 0.2) is 0 Å². The minimum atomic E-state index is -0.140. The molecule has 68 valence electrons. The van der Waals surface area contributed by atoms with Crippen molar-refractivity contribution in [1.82, 2.24) is 9.97 Å². The Kier molecular flexibility index (Phi) is 3.25. The first-order valence-corrected chi connectivity index (χ1v) is 3.95. The van der Waals surface area contributed by atoms with E-state index in [2.05, 4.69) is 9.97 Å². The first-order chi connectivity index (χ1) is 6.18. The predicted octanol–water partition coefficient (Wildman–Crippen LogP) is 0.567. The van der Waals surface area contributed by atoms with Crippen LogP contribution in [0.4, 0.5) is 0 Å². The molecular weight excluding hydrogens is 168 g/mol. The summed E-state index contributed by atoms with van der Waals surface area (Å²) in [7, 11) is 0. The molecule has 13 heavy (non-hydrogen) atoms. The van der Waals surface area contributed by atoms with Crippen LogP contribution in [0.1, 0.15) is 19.2 Å². The fourth-order valence-electron chi connectivity index (χ4n) is 0.938. The van der Waals surface area contributed by atoms with Crippen molar-refractivity contribution in [2.24, 2.45) is 0 Å². The summed E-state index contributed by atoms with van der Waals surface area (Å²) < 4.78 is 0. The summed E-state index contributed by atoms with van der Waals surface area (Å²) >= 11 is 0. The van der Waals surface area contributed by atoms with Gasteiger partial charge in [-0.3, -0.25) is 9.59 Å². The molecular formula is C9H10N2O2. The molecule has 0 aliphatic heterocycles. The van der Waals surface area contributed by atoms with E-state index in [0.717, 1.165) is 0 Å². The topological polar surface area (TPSA) is 59.9 Å². The van der Waals surface area contributed by atoms with Gasteiger partial charge in [0.05, 0.1) is 12.8 Å². The first-order valence-electron chi connectivity index (χ1n) is 3.95. The highest BCUT2D eigenvalue weighted by Gasteiger charge is 2.07. The Morgan fingerprint density at radius 3 is 2.46 bits per heavy atom. The van der Waals surface area contributed by atoms with E-state index in [-0.39, 0.29) is 24.4 Å². The molecule has 1 aromatic heterocycles. The smallest absolute Gasteiger partial charge is 0.147 e. The van der Waals surface area contributed by atoms with Gasteiger partial charge in [-0.15, -0.1) is 0 Å².